The first-order valence-corrected chi connectivity index (χ1v) is 8.07. The van der Waals surface area contributed by atoms with Gasteiger partial charge in [0, 0.05) is 18.4 Å². The second-order valence-electron chi connectivity index (χ2n) is 6.01. The van der Waals surface area contributed by atoms with Crippen molar-refractivity contribution < 1.29 is 37.7 Å². The summed E-state index contributed by atoms with van der Waals surface area (Å²) < 4.78 is 36.8. The van der Waals surface area contributed by atoms with E-state index in [0.717, 1.165) is 4.90 Å². The first-order chi connectivity index (χ1) is 12.8. The Bertz CT molecular complexity index is 841. The maximum Gasteiger partial charge on any atom is 0.285 e. The highest BCUT2D eigenvalue weighted by atomic mass is 19.1. The molecular formula is C17H19FN2O7. The molecule has 1 unspecified atom stereocenters. The minimum Gasteiger partial charge on any atom is -0.492 e. The summed E-state index contributed by atoms with van der Waals surface area (Å²) in [6.45, 7) is -0.258. The van der Waals surface area contributed by atoms with Gasteiger partial charge in [0.15, 0.2) is 11.5 Å². The number of carbonyl (C=O) groups is 3. The molecule has 1 saturated heterocycles. The van der Waals surface area contributed by atoms with Gasteiger partial charge in [0.2, 0.25) is 17.4 Å². The summed E-state index contributed by atoms with van der Waals surface area (Å²) in [7, 11) is 5.45. The molecule has 1 atom stereocenters. The lowest BCUT2D eigenvalue weighted by Crippen LogP contribution is -2.60. The molecule has 0 spiro atoms. The molecule has 2 aliphatic rings. The molecule has 1 N–H and O–H groups in total. The molecule has 3 rings (SSSR count). The predicted molar refractivity (Wildman–Crippen MR) is 88.7 cm³/mol. The molecule has 0 aromatic heterocycles. The Hall–Kier alpha value is -3.04. The fourth-order valence-corrected chi connectivity index (χ4v) is 3.45. The van der Waals surface area contributed by atoms with Crippen molar-refractivity contribution in [2.75, 3.05) is 28.4 Å². The summed E-state index contributed by atoms with van der Waals surface area (Å²) in [5.74, 6) is -4.67. The van der Waals surface area contributed by atoms with Crippen molar-refractivity contribution in [3.63, 3.8) is 0 Å². The Labute approximate surface area is 154 Å². The monoisotopic (exact) mass is 382 g/mol. The zero-order valence-corrected chi connectivity index (χ0v) is 15.3. The summed E-state index contributed by atoms with van der Waals surface area (Å²) in [4.78, 5) is 37.3. The number of halogens is 1. The van der Waals surface area contributed by atoms with E-state index in [9.17, 15) is 14.4 Å². The van der Waals surface area contributed by atoms with Gasteiger partial charge in [0.1, 0.15) is 0 Å². The minimum absolute atomic E-state index is 0.0220. The normalized spacial score (nSPS) is 21.7. The summed E-state index contributed by atoms with van der Waals surface area (Å²) in [5.41, 5.74) is 0.326. The maximum absolute atomic E-state index is 15.5. The molecule has 1 fully saturated rings. The summed E-state index contributed by atoms with van der Waals surface area (Å²) in [5, 5.41) is 1.94. The van der Waals surface area contributed by atoms with Crippen LogP contribution < -0.4 is 24.3 Å². The summed E-state index contributed by atoms with van der Waals surface area (Å²) in [6, 6.07) is 0. The number of benzene rings is 1. The Morgan fingerprint density at radius 1 is 0.926 bits per heavy atom. The van der Waals surface area contributed by atoms with E-state index in [0.29, 0.717) is 5.56 Å². The fourth-order valence-electron chi connectivity index (χ4n) is 3.45. The topological polar surface area (TPSA) is 103 Å². The first kappa shape index (κ1) is 18.7. The van der Waals surface area contributed by atoms with E-state index in [1.165, 1.54) is 28.4 Å². The smallest absolute Gasteiger partial charge is 0.285 e. The van der Waals surface area contributed by atoms with Crippen molar-refractivity contribution in [1.29, 1.82) is 0 Å². The van der Waals surface area contributed by atoms with Crippen LogP contribution in [0.1, 0.15) is 28.8 Å². The van der Waals surface area contributed by atoms with Gasteiger partial charge < -0.3 is 18.9 Å². The second-order valence-corrected chi connectivity index (χ2v) is 6.01. The van der Waals surface area contributed by atoms with Crippen LogP contribution in [0.4, 0.5) is 4.39 Å². The van der Waals surface area contributed by atoms with Crippen molar-refractivity contribution >= 4 is 17.7 Å². The third-order valence-electron chi connectivity index (χ3n) is 4.73. The van der Waals surface area contributed by atoms with Crippen LogP contribution >= 0.6 is 0 Å². The number of amides is 3. The number of imide groups is 1. The molecule has 27 heavy (non-hydrogen) atoms. The van der Waals surface area contributed by atoms with Gasteiger partial charge >= 0.3 is 0 Å². The molecule has 0 bridgehead atoms. The Morgan fingerprint density at radius 3 is 2.00 bits per heavy atom. The predicted octanol–water partition coefficient (Wildman–Crippen LogP) is 0.779. The minimum atomic E-state index is -2.67. The van der Waals surface area contributed by atoms with Crippen LogP contribution in [-0.4, -0.2) is 56.9 Å². The molecule has 0 radical (unpaired) electrons. The highest BCUT2D eigenvalue weighted by molar-refractivity contribution is 6.09. The Kier molecular flexibility index (Phi) is 4.58. The van der Waals surface area contributed by atoms with Crippen molar-refractivity contribution in [3.8, 4) is 23.0 Å². The van der Waals surface area contributed by atoms with Crippen molar-refractivity contribution in [1.82, 2.24) is 10.2 Å². The number of nitrogens with one attached hydrogen (secondary N) is 1. The fraction of sp³-hybridized carbons (Fsp3) is 0.471. The first-order valence-electron chi connectivity index (χ1n) is 8.07. The third kappa shape index (κ3) is 2.54. The van der Waals surface area contributed by atoms with E-state index in [4.69, 9.17) is 18.9 Å². The molecule has 146 valence electrons. The number of carbonyl (C=O) groups excluding carboxylic acids is 3. The van der Waals surface area contributed by atoms with Crippen LogP contribution in [0.2, 0.25) is 0 Å². The quantitative estimate of drug-likeness (QED) is 0.593. The van der Waals surface area contributed by atoms with Crippen LogP contribution in [0.15, 0.2) is 0 Å². The number of rotatable bonds is 5. The van der Waals surface area contributed by atoms with Gasteiger partial charge in [-0.05, 0) is 0 Å². The number of ether oxygens (including phenoxy) is 4. The molecule has 0 aliphatic carbocycles. The second kappa shape index (κ2) is 6.60. The number of hydrogen-bond donors (Lipinski definition) is 1. The van der Waals surface area contributed by atoms with E-state index in [-0.39, 0.29) is 41.5 Å². The average Bonchev–Trinajstić information content (AvgIpc) is 3.00. The third-order valence-corrected chi connectivity index (χ3v) is 4.73. The zero-order chi connectivity index (χ0) is 19.9. The number of hydrogen-bond acceptors (Lipinski definition) is 7. The number of fused-ring (bicyclic) bond motifs is 1. The highest BCUT2D eigenvalue weighted by Gasteiger charge is 2.54. The molecule has 0 saturated carbocycles. The number of methoxy groups -OCH3 is 4. The van der Waals surface area contributed by atoms with E-state index in [2.05, 4.69) is 0 Å². The number of piperidine rings is 1. The Balaban J connectivity index is 2.17. The highest BCUT2D eigenvalue weighted by Crippen LogP contribution is 2.53. The van der Waals surface area contributed by atoms with Gasteiger partial charge in [-0.15, -0.1) is 0 Å². The van der Waals surface area contributed by atoms with Gasteiger partial charge in [-0.2, -0.15) is 0 Å². The molecule has 1 aromatic rings. The van der Waals surface area contributed by atoms with Crippen molar-refractivity contribution in [3.05, 3.63) is 11.1 Å². The molecular weight excluding hydrogens is 363 g/mol. The largest absolute Gasteiger partial charge is 0.492 e. The lowest BCUT2D eigenvalue weighted by molar-refractivity contribution is -0.154. The zero-order valence-electron chi connectivity index (χ0n) is 15.3. The van der Waals surface area contributed by atoms with Crippen molar-refractivity contribution in [2.24, 2.45) is 0 Å². The molecule has 1 aromatic carbocycles. The van der Waals surface area contributed by atoms with Gasteiger partial charge in [-0.3, -0.25) is 24.6 Å². The summed E-state index contributed by atoms with van der Waals surface area (Å²) >= 11 is 0. The lowest BCUT2D eigenvalue weighted by atomic mass is 10.0. The van der Waals surface area contributed by atoms with E-state index < -0.39 is 29.9 Å². The van der Waals surface area contributed by atoms with E-state index >= 15 is 4.39 Å². The van der Waals surface area contributed by atoms with Crippen LogP contribution in [0, 0.1) is 0 Å². The Morgan fingerprint density at radius 2 is 1.48 bits per heavy atom. The van der Waals surface area contributed by atoms with Crippen LogP contribution in [0.3, 0.4) is 0 Å². The van der Waals surface area contributed by atoms with Crippen LogP contribution in [0.5, 0.6) is 23.0 Å². The molecule has 3 amide bonds. The maximum atomic E-state index is 15.5. The molecule has 10 heteroatoms. The SMILES string of the molecule is COc1c2c(c(OC)c(OC)c1OC)C(=O)N(C1(F)CCC(=O)NC1=O)C2. The van der Waals surface area contributed by atoms with Crippen molar-refractivity contribution in [2.45, 2.75) is 25.2 Å². The van der Waals surface area contributed by atoms with Gasteiger partial charge in [0.25, 0.3) is 17.6 Å². The lowest BCUT2D eigenvalue weighted by Gasteiger charge is -2.35. The van der Waals surface area contributed by atoms with E-state index in [1.54, 1.807) is 0 Å². The van der Waals surface area contributed by atoms with Gasteiger partial charge in [-0.25, -0.2) is 4.39 Å². The number of nitrogens with zero attached hydrogens (tertiary/aromatic N) is 1. The summed E-state index contributed by atoms with van der Waals surface area (Å²) in [6.07, 6.45) is -0.653. The number of alkyl halides is 1. The van der Waals surface area contributed by atoms with Crippen LogP contribution in [0.25, 0.3) is 0 Å². The van der Waals surface area contributed by atoms with E-state index in [1.807, 2.05) is 5.32 Å². The molecule has 2 aliphatic heterocycles. The molecule has 2 heterocycles. The standard InChI is InChI=1S/C17H19FN2O7/c1-24-11-8-7-20(17(18)6-5-9(21)19-16(17)23)15(22)10(8)12(25-2)14(27-4)13(11)26-3/h5-7H2,1-4H3,(H,19,21,23). The van der Waals surface area contributed by atoms with Gasteiger partial charge in [-0.1, -0.05) is 0 Å². The van der Waals surface area contributed by atoms with Crippen LogP contribution in [-0.2, 0) is 16.1 Å². The molecule has 9 nitrogen and oxygen atoms in total. The van der Waals surface area contributed by atoms with Gasteiger partial charge in [0.05, 0.1) is 40.5 Å². The average molecular weight is 382 g/mol.